The van der Waals surface area contributed by atoms with Crippen LogP contribution in [0.5, 0.6) is 0 Å². The van der Waals surface area contributed by atoms with Gasteiger partial charge in [-0.2, -0.15) is 0 Å². The first kappa shape index (κ1) is 13.2. The lowest BCUT2D eigenvalue weighted by molar-refractivity contribution is -0.145. The molecule has 2 atom stereocenters. The van der Waals surface area contributed by atoms with Crippen LogP contribution < -0.4 is 0 Å². The molecular weight excluding hydrogens is 204 g/mol. The lowest BCUT2D eigenvalue weighted by Crippen LogP contribution is -2.27. The quantitative estimate of drug-likeness (QED) is 0.784. The van der Waals surface area contributed by atoms with E-state index in [1.165, 1.54) is 19.3 Å². The van der Waals surface area contributed by atoms with Gasteiger partial charge in [-0.25, -0.2) is 0 Å². The van der Waals surface area contributed by atoms with Crippen molar-refractivity contribution in [3.05, 3.63) is 0 Å². The molecule has 0 aromatic rings. The third-order valence-corrected chi connectivity index (χ3v) is 3.86. The van der Waals surface area contributed by atoms with Gasteiger partial charge < -0.3 is 5.11 Å². The van der Waals surface area contributed by atoms with Gasteiger partial charge in [0.15, 0.2) is 0 Å². The molecular formula is C13H22O3. The van der Waals surface area contributed by atoms with Gasteiger partial charge in [-0.15, -0.1) is 0 Å². The van der Waals surface area contributed by atoms with Crippen LogP contribution in [0.4, 0.5) is 0 Å². The first-order valence-electron chi connectivity index (χ1n) is 6.28. The topological polar surface area (TPSA) is 54.4 Å². The molecule has 1 fully saturated rings. The van der Waals surface area contributed by atoms with Crippen LogP contribution in [0, 0.1) is 17.8 Å². The van der Waals surface area contributed by atoms with Crippen LogP contribution in [0.2, 0.25) is 0 Å². The van der Waals surface area contributed by atoms with Crippen LogP contribution in [0.1, 0.15) is 52.4 Å². The van der Waals surface area contributed by atoms with Gasteiger partial charge in [0.25, 0.3) is 0 Å². The molecule has 1 aliphatic rings. The van der Waals surface area contributed by atoms with Crippen molar-refractivity contribution in [2.75, 3.05) is 0 Å². The number of carbonyl (C=O) groups excluding carboxylic acids is 1. The van der Waals surface area contributed by atoms with Crippen molar-refractivity contribution in [1.82, 2.24) is 0 Å². The second-order valence-electron chi connectivity index (χ2n) is 5.09. The Morgan fingerprint density at radius 3 is 2.19 bits per heavy atom. The lowest BCUT2D eigenvalue weighted by atomic mass is 9.81. The maximum Gasteiger partial charge on any atom is 0.306 e. The molecule has 0 heterocycles. The van der Waals surface area contributed by atoms with Crippen molar-refractivity contribution in [3.63, 3.8) is 0 Å². The van der Waals surface area contributed by atoms with E-state index in [9.17, 15) is 9.59 Å². The summed E-state index contributed by atoms with van der Waals surface area (Å²) in [6.45, 7) is 3.36. The van der Waals surface area contributed by atoms with Crippen molar-refractivity contribution in [1.29, 1.82) is 0 Å². The van der Waals surface area contributed by atoms with E-state index in [0.717, 1.165) is 12.8 Å². The van der Waals surface area contributed by atoms with E-state index in [2.05, 4.69) is 0 Å². The Kier molecular flexibility index (Phi) is 4.97. The highest BCUT2D eigenvalue weighted by molar-refractivity contribution is 5.85. The molecule has 0 amide bonds. The molecule has 1 rings (SSSR count). The third kappa shape index (κ3) is 3.62. The van der Waals surface area contributed by atoms with E-state index < -0.39 is 11.9 Å². The lowest BCUT2D eigenvalue weighted by Gasteiger charge is -2.23. The molecule has 0 aromatic carbocycles. The largest absolute Gasteiger partial charge is 0.481 e. The van der Waals surface area contributed by atoms with Crippen LogP contribution in [-0.4, -0.2) is 16.9 Å². The van der Waals surface area contributed by atoms with E-state index in [1.54, 1.807) is 13.8 Å². The Labute approximate surface area is 97.2 Å². The molecule has 2 unspecified atom stereocenters. The number of rotatable bonds is 5. The van der Waals surface area contributed by atoms with Crippen molar-refractivity contribution >= 4 is 11.8 Å². The Bertz CT molecular complexity index is 254. The number of carboxylic acids is 1. The molecule has 3 heteroatoms. The van der Waals surface area contributed by atoms with Gasteiger partial charge in [-0.3, -0.25) is 9.59 Å². The molecule has 16 heavy (non-hydrogen) atoms. The molecule has 1 aliphatic carbocycles. The first-order chi connectivity index (χ1) is 7.52. The highest BCUT2D eigenvalue weighted by atomic mass is 16.4. The van der Waals surface area contributed by atoms with Gasteiger partial charge in [-0.05, 0) is 5.92 Å². The van der Waals surface area contributed by atoms with Gasteiger partial charge >= 0.3 is 5.97 Å². The monoisotopic (exact) mass is 226 g/mol. The zero-order valence-corrected chi connectivity index (χ0v) is 10.2. The van der Waals surface area contributed by atoms with Gasteiger partial charge in [0.2, 0.25) is 0 Å². The molecule has 0 bridgehead atoms. The highest BCUT2D eigenvalue weighted by Crippen LogP contribution is 2.28. The molecule has 0 aliphatic heterocycles. The summed E-state index contributed by atoms with van der Waals surface area (Å²) in [5.74, 6) is -1.15. The molecule has 1 saturated carbocycles. The zero-order valence-electron chi connectivity index (χ0n) is 10.2. The van der Waals surface area contributed by atoms with Crippen molar-refractivity contribution in [2.24, 2.45) is 17.8 Å². The Morgan fingerprint density at radius 2 is 1.69 bits per heavy atom. The molecule has 1 N–H and O–H groups in total. The standard InChI is InChI=1S/C13H22O3/c1-9(10(2)13(15)16)12(14)8-11-6-4-3-5-7-11/h9-11H,3-8H2,1-2H3,(H,15,16). The number of carbonyl (C=O) groups is 2. The van der Waals surface area contributed by atoms with E-state index in [0.29, 0.717) is 12.3 Å². The summed E-state index contributed by atoms with van der Waals surface area (Å²) in [4.78, 5) is 22.7. The number of ketones is 1. The van der Waals surface area contributed by atoms with Gasteiger partial charge in [0.1, 0.15) is 5.78 Å². The van der Waals surface area contributed by atoms with Crippen LogP contribution in [-0.2, 0) is 9.59 Å². The number of hydrogen-bond donors (Lipinski definition) is 1. The van der Waals surface area contributed by atoms with Gasteiger partial charge in [0, 0.05) is 12.3 Å². The van der Waals surface area contributed by atoms with E-state index in [-0.39, 0.29) is 11.7 Å². The third-order valence-electron chi connectivity index (χ3n) is 3.86. The average molecular weight is 226 g/mol. The van der Waals surface area contributed by atoms with Gasteiger partial charge in [-0.1, -0.05) is 46.0 Å². The molecule has 92 valence electrons. The summed E-state index contributed by atoms with van der Waals surface area (Å²) in [6, 6.07) is 0. The zero-order chi connectivity index (χ0) is 12.1. The van der Waals surface area contributed by atoms with Crippen molar-refractivity contribution in [3.8, 4) is 0 Å². The smallest absolute Gasteiger partial charge is 0.306 e. The molecule has 0 aromatic heterocycles. The number of aliphatic carboxylic acids is 1. The second-order valence-corrected chi connectivity index (χ2v) is 5.09. The summed E-state index contributed by atoms with van der Waals surface area (Å²) in [6.07, 6.45) is 6.59. The van der Waals surface area contributed by atoms with Crippen molar-refractivity contribution in [2.45, 2.75) is 52.4 Å². The summed E-state index contributed by atoms with van der Waals surface area (Å²) in [5.41, 5.74) is 0. The predicted molar refractivity (Wildman–Crippen MR) is 62.2 cm³/mol. The Morgan fingerprint density at radius 1 is 1.12 bits per heavy atom. The fraction of sp³-hybridized carbons (Fsp3) is 0.846. The fourth-order valence-corrected chi connectivity index (χ4v) is 2.35. The predicted octanol–water partition coefficient (Wildman–Crippen LogP) is 2.88. The molecule has 0 spiro atoms. The highest BCUT2D eigenvalue weighted by Gasteiger charge is 2.27. The molecule has 0 saturated heterocycles. The normalized spacial score (nSPS) is 21.4. The van der Waals surface area contributed by atoms with Crippen molar-refractivity contribution < 1.29 is 14.7 Å². The fourth-order valence-electron chi connectivity index (χ4n) is 2.35. The SMILES string of the molecule is CC(C(=O)O)C(C)C(=O)CC1CCCCC1. The summed E-state index contributed by atoms with van der Waals surface area (Å²) in [7, 11) is 0. The Hall–Kier alpha value is -0.860. The van der Waals surface area contributed by atoms with Crippen LogP contribution in [0.3, 0.4) is 0 Å². The Balaban J connectivity index is 2.41. The minimum atomic E-state index is -0.871. The summed E-state index contributed by atoms with van der Waals surface area (Å²) in [5, 5.41) is 8.85. The minimum Gasteiger partial charge on any atom is -0.481 e. The van der Waals surface area contributed by atoms with E-state index in [4.69, 9.17) is 5.11 Å². The van der Waals surface area contributed by atoms with E-state index >= 15 is 0 Å². The van der Waals surface area contributed by atoms with Crippen LogP contribution in [0.25, 0.3) is 0 Å². The maximum absolute atomic E-state index is 11.9. The summed E-state index contributed by atoms with van der Waals surface area (Å²) < 4.78 is 0. The number of hydrogen-bond acceptors (Lipinski definition) is 2. The summed E-state index contributed by atoms with van der Waals surface area (Å²) >= 11 is 0. The van der Waals surface area contributed by atoms with Crippen LogP contribution in [0.15, 0.2) is 0 Å². The minimum absolute atomic E-state index is 0.127. The number of carboxylic acid groups (broad SMARTS) is 1. The number of Topliss-reactive ketones (excluding diaryl/α,β-unsaturated/α-hetero) is 1. The van der Waals surface area contributed by atoms with Crippen LogP contribution >= 0.6 is 0 Å². The molecule has 3 nitrogen and oxygen atoms in total. The second kappa shape index (κ2) is 6.02. The first-order valence-corrected chi connectivity index (χ1v) is 6.28. The van der Waals surface area contributed by atoms with E-state index in [1.807, 2.05) is 0 Å². The average Bonchev–Trinajstić information content (AvgIpc) is 2.28. The van der Waals surface area contributed by atoms with Gasteiger partial charge in [0.05, 0.1) is 5.92 Å². The maximum atomic E-state index is 11.9. The molecule has 0 radical (unpaired) electrons.